The van der Waals surface area contributed by atoms with Crippen molar-refractivity contribution >= 4 is 5.96 Å². The molecule has 1 aliphatic heterocycles. The fraction of sp³-hybridized carbons (Fsp3) is 0.938. The Bertz CT molecular complexity index is 298. The van der Waals surface area contributed by atoms with Crippen LogP contribution in [0.25, 0.3) is 0 Å². The minimum Gasteiger partial charge on any atom is -0.355 e. The van der Waals surface area contributed by atoms with Crippen LogP contribution in [-0.4, -0.2) is 62.1 Å². The van der Waals surface area contributed by atoms with E-state index in [4.69, 9.17) is 0 Å². The van der Waals surface area contributed by atoms with Gasteiger partial charge in [0, 0.05) is 33.2 Å². The Kier molecular flexibility index (Phi) is 6.14. The molecule has 2 fully saturated rings. The van der Waals surface area contributed by atoms with E-state index in [9.17, 15) is 0 Å². The van der Waals surface area contributed by atoms with E-state index in [-0.39, 0.29) is 0 Å². The molecular formula is C16H32N4. The number of nitrogens with one attached hydrogen (secondary N) is 1. The summed E-state index contributed by atoms with van der Waals surface area (Å²) in [7, 11) is 1.92. The molecule has 116 valence electrons. The molecule has 1 N–H and O–H groups in total. The SMILES string of the molecule is CCN(CC)CCNC(=NC)N1CC2CCCCC2C1. The van der Waals surface area contributed by atoms with Gasteiger partial charge < -0.3 is 15.1 Å². The molecule has 0 bridgehead atoms. The quantitative estimate of drug-likeness (QED) is 0.617. The maximum atomic E-state index is 4.49. The number of hydrogen-bond donors (Lipinski definition) is 1. The van der Waals surface area contributed by atoms with Crippen LogP contribution in [0.3, 0.4) is 0 Å². The molecule has 2 aliphatic rings. The van der Waals surface area contributed by atoms with Gasteiger partial charge in [-0.25, -0.2) is 0 Å². The lowest BCUT2D eigenvalue weighted by molar-refractivity contribution is 0.299. The summed E-state index contributed by atoms with van der Waals surface area (Å²) in [5, 5.41) is 3.55. The molecule has 1 saturated heterocycles. The Hall–Kier alpha value is -0.770. The van der Waals surface area contributed by atoms with Gasteiger partial charge in [0.25, 0.3) is 0 Å². The lowest BCUT2D eigenvalue weighted by Gasteiger charge is -2.24. The Morgan fingerprint density at radius 2 is 1.75 bits per heavy atom. The van der Waals surface area contributed by atoms with Crippen molar-refractivity contribution in [1.29, 1.82) is 0 Å². The Balaban J connectivity index is 1.78. The van der Waals surface area contributed by atoms with Gasteiger partial charge in [0.2, 0.25) is 0 Å². The number of nitrogens with zero attached hydrogens (tertiary/aromatic N) is 3. The summed E-state index contributed by atoms with van der Waals surface area (Å²) < 4.78 is 0. The molecule has 1 aliphatic carbocycles. The van der Waals surface area contributed by atoms with Gasteiger partial charge in [-0.1, -0.05) is 26.7 Å². The molecule has 4 nitrogen and oxygen atoms in total. The molecule has 0 amide bonds. The van der Waals surface area contributed by atoms with Crippen molar-refractivity contribution in [2.45, 2.75) is 39.5 Å². The number of hydrogen-bond acceptors (Lipinski definition) is 2. The zero-order valence-corrected chi connectivity index (χ0v) is 13.6. The minimum atomic E-state index is 0.921. The summed E-state index contributed by atoms with van der Waals surface area (Å²) in [5.41, 5.74) is 0. The van der Waals surface area contributed by atoms with Crippen molar-refractivity contribution in [3.63, 3.8) is 0 Å². The van der Waals surface area contributed by atoms with Crippen molar-refractivity contribution in [1.82, 2.24) is 15.1 Å². The third-order valence-corrected chi connectivity index (χ3v) is 5.09. The van der Waals surface area contributed by atoms with Crippen LogP contribution in [0.2, 0.25) is 0 Å². The van der Waals surface area contributed by atoms with Crippen LogP contribution < -0.4 is 5.32 Å². The van der Waals surface area contributed by atoms with Crippen LogP contribution >= 0.6 is 0 Å². The maximum absolute atomic E-state index is 4.49. The first-order chi connectivity index (χ1) is 9.78. The fourth-order valence-electron chi connectivity index (χ4n) is 3.78. The summed E-state index contributed by atoms with van der Waals surface area (Å²) in [5.74, 6) is 2.96. The van der Waals surface area contributed by atoms with Crippen molar-refractivity contribution in [3.05, 3.63) is 0 Å². The standard InChI is InChI=1S/C16H32N4/c1-4-19(5-2)11-10-18-16(17-3)20-12-14-8-6-7-9-15(14)13-20/h14-15H,4-13H2,1-3H3,(H,17,18). The second kappa shape index (κ2) is 7.87. The summed E-state index contributed by atoms with van der Waals surface area (Å²) in [6.45, 7) is 11.3. The van der Waals surface area contributed by atoms with Crippen molar-refractivity contribution in [3.8, 4) is 0 Å². The number of rotatable bonds is 5. The summed E-state index contributed by atoms with van der Waals surface area (Å²) in [4.78, 5) is 9.43. The van der Waals surface area contributed by atoms with E-state index in [0.29, 0.717) is 0 Å². The summed E-state index contributed by atoms with van der Waals surface area (Å²) in [6, 6.07) is 0. The predicted octanol–water partition coefficient (Wildman–Crippen LogP) is 2.03. The molecule has 0 aromatic heterocycles. The molecular weight excluding hydrogens is 248 g/mol. The normalized spacial score (nSPS) is 27.0. The largest absolute Gasteiger partial charge is 0.355 e. The van der Waals surface area contributed by atoms with E-state index < -0.39 is 0 Å². The second-order valence-electron chi connectivity index (χ2n) is 6.21. The van der Waals surface area contributed by atoms with Gasteiger partial charge in [0.15, 0.2) is 5.96 Å². The first-order valence-electron chi connectivity index (χ1n) is 8.46. The molecule has 0 aromatic rings. The summed E-state index contributed by atoms with van der Waals surface area (Å²) in [6.07, 6.45) is 5.72. The van der Waals surface area contributed by atoms with E-state index in [1.165, 1.54) is 38.8 Å². The van der Waals surface area contributed by atoms with E-state index >= 15 is 0 Å². The zero-order chi connectivity index (χ0) is 14.4. The van der Waals surface area contributed by atoms with Crippen LogP contribution in [0.15, 0.2) is 4.99 Å². The molecule has 20 heavy (non-hydrogen) atoms. The fourth-order valence-corrected chi connectivity index (χ4v) is 3.78. The molecule has 1 saturated carbocycles. The topological polar surface area (TPSA) is 30.9 Å². The average molecular weight is 280 g/mol. The maximum Gasteiger partial charge on any atom is 0.193 e. The average Bonchev–Trinajstić information content (AvgIpc) is 2.91. The number of likely N-dealkylation sites (N-methyl/N-ethyl adjacent to an activating group) is 1. The molecule has 0 aromatic carbocycles. The molecule has 0 radical (unpaired) electrons. The van der Waals surface area contributed by atoms with Gasteiger partial charge in [0.05, 0.1) is 0 Å². The minimum absolute atomic E-state index is 0.921. The number of likely N-dealkylation sites (tertiary alicyclic amines) is 1. The van der Waals surface area contributed by atoms with Gasteiger partial charge in [0.1, 0.15) is 0 Å². The monoisotopic (exact) mass is 280 g/mol. The van der Waals surface area contributed by atoms with E-state index in [0.717, 1.165) is 44.0 Å². The molecule has 2 rings (SSSR count). The first kappa shape index (κ1) is 15.6. The van der Waals surface area contributed by atoms with Crippen LogP contribution in [0.4, 0.5) is 0 Å². The van der Waals surface area contributed by atoms with Crippen LogP contribution in [0, 0.1) is 11.8 Å². The second-order valence-corrected chi connectivity index (χ2v) is 6.21. The molecule has 0 spiro atoms. The van der Waals surface area contributed by atoms with Gasteiger partial charge >= 0.3 is 0 Å². The first-order valence-corrected chi connectivity index (χ1v) is 8.46. The highest BCUT2D eigenvalue weighted by molar-refractivity contribution is 5.80. The van der Waals surface area contributed by atoms with Crippen LogP contribution in [0.1, 0.15) is 39.5 Å². The van der Waals surface area contributed by atoms with Gasteiger partial charge in [-0.2, -0.15) is 0 Å². The van der Waals surface area contributed by atoms with E-state index in [2.05, 4.69) is 34.0 Å². The third-order valence-electron chi connectivity index (χ3n) is 5.09. The van der Waals surface area contributed by atoms with Crippen molar-refractivity contribution in [2.75, 3.05) is 46.3 Å². The third kappa shape index (κ3) is 3.87. The van der Waals surface area contributed by atoms with Crippen LogP contribution in [-0.2, 0) is 0 Å². The molecule has 2 unspecified atom stereocenters. The Morgan fingerprint density at radius 1 is 1.15 bits per heavy atom. The number of guanidine groups is 1. The smallest absolute Gasteiger partial charge is 0.193 e. The number of aliphatic imine (C=N–C) groups is 1. The lowest BCUT2D eigenvalue weighted by atomic mass is 9.82. The Labute approximate surface area is 124 Å². The van der Waals surface area contributed by atoms with E-state index in [1.54, 1.807) is 0 Å². The molecule has 2 atom stereocenters. The lowest BCUT2D eigenvalue weighted by Crippen LogP contribution is -2.43. The van der Waals surface area contributed by atoms with Crippen LogP contribution in [0.5, 0.6) is 0 Å². The highest BCUT2D eigenvalue weighted by atomic mass is 15.3. The van der Waals surface area contributed by atoms with Gasteiger partial charge in [-0.05, 0) is 37.8 Å². The Morgan fingerprint density at radius 3 is 2.25 bits per heavy atom. The van der Waals surface area contributed by atoms with Gasteiger partial charge in [-0.3, -0.25) is 4.99 Å². The molecule has 1 heterocycles. The zero-order valence-electron chi connectivity index (χ0n) is 13.6. The molecule has 4 heteroatoms. The predicted molar refractivity (Wildman–Crippen MR) is 86.2 cm³/mol. The number of fused-ring (bicyclic) bond motifs is 1. The van der Waals surface area contributed by atoms with Crippen molar-refractivity contribution < 1.29 is 0 Å². The summed E-state index contributed by atoms with van der Waals surface area (Å²) >= 11 is 0. The van der Waals surface area contributed by atoms with Gasteiger partial charge in [-0.15, -0.1) is 0 Å². The van der Waals surface area contributed by atoms with Crippen molar-refractivity contribution in [2.24, 2.45) is 16.8 Å². The highest BCUT2D eigenvalue weighted by Crippen LogP contribution is 2.35. The van der Waals surface area contributed by atoms with E-state index in [1.807, 2.05) is 7.05 Å². The highest BCUT2D eigenvalue weighted by Gasteiger charge is 2.35.